The Kier molecular flexibility index (Phi) is 4.13. The average Bonchev–Trinajstić information content (AvgIpc) is 2.42. The lowest BCUT2D eigenvalue weighted by atomic mass is 10.0. The number of likely N-dealkylation sites (N-methyl/N-ethyl adjacent to an activating group) is 1. The maximum absolute atomic E-state index is 11.7. The van der Waals surface area contributed by atoms with Crippen molar-refractivity contribution in [3.63, 3.8) is 0 Å². The van der Waals surface area contributed by atoms with Crippen LogP contribution < -0.4 is 5.32 Å². The molecule has 0 aromatic heterocycles. The van der Waals surface area contributed by atoms with Crippen LogP contribution in [0.3, 0.4) is 0 Å². The minimum Gasteiger partial charge on any atom is -0.481 e. The van der Waals surface area contributed by atoms with Gasteiger partial charge in [-0.3, -0.25) is 19.3 Å². The minimum atomic E-state index is -1.04. The Labute approximate surface area is 110 Å². The number of urea groups is 1. The van der Waals surface area contributed by atoms with Gasteiger partial charge in [-0.2, -0.15) is 0 Å². The summed E-state index contributed by atoms with van der Waals surface area (Å²) in [6.07, 6.45) is -0.249. The van der Waals surface area contributed by atoms with Gasteiger partial charge in [0.2, 0.25) is 5.91 Å². The molecule has 0 bridgehead atoms. The van der Waals surface area contributed by atoms with Crippen LogP contribution in [0.2, 0.25) is 0 Å². The number of hydrogen-bond donors (Lipinski definition) is 2. The van der Waals surface area contributed by atoms with Crippen molar-refractivity contribution in [3.8, 4) is 0 Å². The lowest BCUT2D eigenvalue weighted by molar-refractivity contribution is -0.139. The third kappa shape index (κ3) is 3.94. The van der Waals surface area contributed by atoms with Crippen LogP contribution in [0.4, 0.5) is 4.79 Å². The van der Waals surface area contributed by atoms with Gasteiger partial charge in [0.25, 0.3) is 5.91 Å². The fourth-order valence-electron chi connectivity index (χ4n) is 1.81. The van der Waals surface area contributed by atoms with Gasteiger partial charge in [-0.25, -0.2) is 4.79 Å². The first-order valence-electron chi connectivity index (χ1n) is 5.70. The molecule has 4 amide bonds. The molecule has 2 N–H and O–H groups in total. The summed E-state index contributed by atoms with van der Waals surface area (Å²) in [7, 11) is 1.46. The highest BCUT2D eigenvalue weighted by atomic mass is 16.4. The van der Waals surface area contributed by atoms with Gasteiger partial charge in [0.05, 0.1) is 6.42 Å². The van der Waals surface area contributed by atoms with E-state index in [1.807, 2.05) is 0 Å². The molecule has 19 heavy (non-hydrogen) atoms. The van der Waals surface area contributed by atoms with Gasteiger partial charge in [0, 0.05) is 12.6 Å². The molecule has 0 atom stereocenters. The first kappa shape index (κ1) is 14.9. The van der Waals surface area contributed by atoms with Crippen molar-refractivity contribution in [2.75, 3.05) is 20.1 Å². The summed E-state index contributed by atoms with van der Waals surface area (Å²) in [6.45, 7) is 2.66. The highest BCUT2D eigenvalue weighted by molar-refractivity contribution is 6.04. The number of nitrogens with one attached hydrogen (secondary N) is 1. The molecule has 1 heterocycles. The van der Waals surface area contributed by atoms with Crippen LogP contribution in [0, 0.1) is 0 Å². The van der Waals surface area contributed by atoms with Crippen molar-refractivity contribution in [3.05, 3.63) is 0 Å². The Balaban J connectivity index is 2.59. The summed E-state index contributed by atoms with van der Waals surface area (Å²) in [6, 6.07) is -0.531. The number of rotatable bonds is 5. The van der Waals surface area contributed by atoms with Crippen molar-refractivity contribution >= 4 is 23.8 Å². The number of nitrogens with zero attached hydrogens (tertiary/aromatic N) is 2. The molecule has 0 radical (unpaired) electrons. The molecule has 0 spiro atoms. The van der Waals surface area contributed by atoms with Gasteiger partial charge in [-0.15, -0.1) is 0 Å². The fourth-order valence-corrected chi connectivity index (χ4v) is 1.81. The zero-order valence-electron chi connectivity index (χ0n) is 11.1. The molecule has 1 fully saturated rings. The summed E-state index contributed by atoms with van der Waals surface area (Å²) in [5.74, 6) is -2.06. The number of carbonyl (C=O) groups is 4. The third-order valence-electron chi connectivity index (χ3n) is 2.60. The van der Waals surface area contributed by atoms with Gasteiger partial charge in [0.15, 0.2) is 0 Å². The zero-order valence-corrected chi connectivity index (χ0v) is 11.1. The van der Waals surface area contributed by atoms with Crippen molar-refractivity contribution in [1.29, 1.82) is 0 Å². The first-order chi connectivity index (χ1) is 8.62. The molecule has 8 heteroatoms. The van der Waals surface area contributed by atoms with Crippen LogP contribution in [-0.4, -0.2) is 64.4 Å². The second-order valence-corrected chi connectivity index (χ2v) is 5.12. The van der Waals surface area contributed by atoms with Crippen molar-refractivity contribution in [1.82, 2.24) is 15.1 Å². The third-order valence-corrected chi connectivity index (χ3v) is 2.60. The van der Waals surface area contributed by atoms with E-state index < -0.39 is 35.9 Å². The van der Waals surface area contributed by atoms with E-state index in [4.69, 9.17) is 5.11 Å². The fraction of sp³-hybridized carbons (Fsp3) is 0.636. The smallest absolute Gasteiger partial charge is 0.327 e. The Hall–Kier alpha value is -2.12. The van der Waals surface area contributed by atoms with Crippen LogP contribution in [0.15, 0.2) is 0 Å². The SMILES string of the molecule is CN1CC(=O)N(CC(=O)NC(C)(C)CC(=O)O)C1=O. The number of carboxylic acids is 1. The number of hydrogen-bond acceptors (Lipinski definition) is 4. The maximum atomic E-state index is 11.7. The highest BCUT2D eigenvalue weighted by Crippen LogP contribution is 2.10. The molecule has 1 saturated heterocycles. The maximum Gasteiger partial charge on any atom is 0.327 e. The molecule has 0 aromatic carbocycles. The van der Waals surface area contributed by atoms with Gasteiger partial charge in [0.1, 0.15) is 13.1 Å². The molecule has 0 saturated carbocycles. The molecule has 0 aromatic rings. The Bertz CT molecular complexity index is 432. The number of imide groups is 1. The summed E-state index contributed by atoms with van der Waals surface area (Å²) >= 11 is 0. The van der Waals surface area contributed by atoms with Crippen molar-refractivity contribution < 1.29 is 24.3 Å². The molecule has 0 aliphatic carbocycles. The summed E-state index contributed by atoms with van der Waals surface area (Å²) in [4.78, 5) is 47.4. The number of amides is 4. The predicted octanol–water partition coefficient (Wildman–Crippen LogP) is -0.750. The molecular weight excluding hydrogens is 254 g/mol. The van der Waals surface area contributed by atoms with E-state index in [1.54, 1.807) is 13.8 Å². The lowest BCUT2D eigenvalue weighted by Gasteiger charge is -2.25. The van der Waals surface area contributed by atoms with E-state index in [9.17, 15) is 19.2 Å². The molecule has 0 unspecified atom stereocenters. The first-order valence-corrected chi connectivity index (χ1v) is 5.70. The van der Waals surface area contributed by atoms with Crippen molar-refractivity contribution in [2.45, 2.75) is 25.8 Å². The van der Waals surface area contributed by atoms with Crippen LogP contribution in [0.1, 0.15) is 20.3 Å². The minimum absolute atomic E-state index is 0.0510. The Morgan fingerprint density at radius 3 is 2.37 bits per heavy atom. The van der Waals surface area contributed by atoms with Gasteiger partial charge in [-0.05, 0) is 13.8 Å². The average molecular weight is 271 g/mol. The zero-order chi connectivity index (χ0) is 14.8. The molecule has 1 aliphatic heterocycles. The molecule has 1 aliphatic rings. The standard InChI is InChI=1S/C11H17N3O5/c1-11(2,4-9(17)18)12-7(15)5-14-8(16)6-13(3)10(14)19/h4-6H2,1-3H3,(H,12,15)(H,17,18). The highest BCUT2D eigenvalue weighted by Gasteiger charge is 2.35. The van der Waals surface area contributed by atoms with E-state index in [1.165, 1.54) is 11.9 Å². The van der Waals surface area contributed by atoms with Crippen LogP contribution in [0.25, 0.3) is 0 Å². The Morgan fingerprint density at radius 2 is 1.95 bits per heavy atom. The lowest BCUT2D eigenvalue weighted by Crippen LogP contribution is -2.49. The van der Waals surface area contributed by atoms with Crippen LogP contribution in [0.5, 0.6) is 0 Å². The topological polar surface area (TPSA) is 107 Å². The van der Waals surface area contributed by atoms with E-state index in [-0.39, 0.29) is 13.0 Å². The van der Waals surface area contributed by atoms with Gasteiger partial charge < -0.3 is 15.3 Å². The quantitative estimate of drug-likeness (QED) is 0.640. The largest absolute Gasteiger partial charge is 0.481 e. The normalized spacial score (nSPS) is 15.9. The van der Waals surface area contributed by atoms with Gasteiger partial charge in [-0.1, -0.05) is 0 Å². The number of aliphatic carboxylic acids is 1. The van der Waals surface area contributed by atoms with Gasteiger partial charge >= 0.3 is 12.0 Å². The van der Waals surface area contributed by atoms with Crippen LogP contribution in [-0.2, 0) is 14.4 Å². The monoisotopic (exact) mass is 271 g/mol. The molecule has 1 rings (SSSR count). The second kappa shape index (κ2) is 5.25. The van der Waals surface area contributed by atoms with E-state index in [0.717, 1.165) is 4.90 Å². The van der Waals surface area contributed by atoms with Crippen LogP contribution >= 0.6 is 0 Å². The Morgan fingerprint density at radius 1 is 1.37 bits per heavy atom. The molecule has 106 valence electrons. The van der Waals surface area contributed by atoms with Crippen molar-refractivity contribution in [2.24, 2.45) is 0 Å². The molecule has 8 nitrogen and oxygen atoms in total. The summed E-state index contributed by atoms with van der Waals surface area (Å²) in [5, 5.41) is 11.2. The van der Waals surface area contributed by atoms with E-state index >= 15 is 0 Å². The molecular formula is C11H17N3O5. The number of carbonyl (C=O) groups excluding carboxylic acids is 3. The number of carboxylic acid groups (broad SMARTS) is 1. The summed E-state index contributed by atoms with van der Waals surface area (Å²) < 4.78 is 0. The van der Waals surface area contributed by atoms with E-state index in [0.29, 0.717) is 0 Å². The second-order valence-electron chi connectivity index (χ2n) is 5.12. The summed E-state index contributed by atoms with van der Waals surface area (Å²) in [5.41, 5.74) is -0.944. The van der Waals surface area contributed by atoms with E-state index in [2.05, 4.69) is 5.32 Å². The predicted molar refractivity (Wildman–Crippen MR) is 64.2 cm³/mol.